The van der Waals surface area contributed by atoms with Gasteiger partial charge in [0.05, 0.1) is 17.7 Å². The van der Waals surface area contributed by atoms with Crippen LogP contribution in [0, 0.1) is 12.7 Å². The number of carbonyl (C=O) groups is 2. The lowest BCUT2D eigenvalue weighted by Crippen LogP contribution is -2.53. The van der Waals surface area contributed by atoms with Gasteiger partial charge < -0.3 is 15.0 Å². The lowest BCUT2D eigenvalue weighted by Gasteiger charge is -2.34. The minimum atomic E-state index is -4.31. The van der Waals surface area contributed by atoms with E-state index in [0.29, 0.717) is 12.3 Å². The van der Waals surface area contributed by atoms with E-state index in [1.165, 1.54) is 48.4 Å². The smallest absolute Gasteiger partial charge is 0.264 e. The number of benzene rings is 4. The molecule has 0 spiro atoms. The van der Waals surface area contributed by atoms with Crippen molar-refractivity contribution in [2.45, 2.75) is 37.8 Å². The first-order valence-electron chi connectivity index (χ1n) is 14.2. The lowest BCUT2D eigenvalue weighted by molar-refractivity contribution is -0.140. The van der Waals surface area contributed by atoms with Crippen molar-refractivity contribution in [1.82, 2.24) is 10.2 Å². The quantitative estimate of drug-likeness (QED) is 0.225. The molecular formula is C34H36FN3O5S. The molecule has 0 fully saturated rings. The molecule has 10 heteroatoms. The molecule has 1 unspecified atom stereocenters. The van der Waals surface area contributed by atoms with Crippen molar-refractivity contribution in [1.29, 1.82) is 0 Å². The number of nitrogens with zero attached hydrogens (tertiary/aromatic N) is 2. The largest absolute Gasteiger partial charge is 0.497 e. The fraction of sp³-hybridized carbons (Fsp3) is 0.235. The van der Waals surface area contributed by atoms with E-state index in [4.69, 9.17) is 4.74 Å². The number of amides is 2. The normalized spacial score (nSPS) is 11.8. The van der Waals surface area contributed by atoms with Crippen molar-refractivity contribution in [2.24, 2.45) is 0 Å². The predicted molar refractivity (Wildman–Crippen MR) is 168 cm³/mol. The van der Waals surface area contributed by atoms with Gasteiger partial charge >= 0.3 is 0 Å². The van der Waals surface area contributed by atoms with E-state index in [1.807, 2.05) is 61.5 Å². The third kappa shape index (κ3) is 7.82. The zero-order chi connectivity index (χ0) is 31.7. The third-order valence-electron chi connectivity index (χ3n) is 7.26. The van der Waals surface area contributed by atoms with Crippen LogP contribution in [0.5, 0.6) is 5.75 Å². The second kappa shape index (κ2) is 14.7. The van der Waals surface area contributed by atoms with Crippen LogP contribution < -0.4 is 14.4 Å². The number of halogens is 1. The molecule has 2 amide bonds. The first kappa shape index (κ1) is 32.2. The summed E-state index contributed by atoms with van der Waals surface area (Å²) in [4.78, 5) is 29.3. The van der Waals surface area contributed by atoms with E-state index in [9.17, 15) is 22.4 Å². The van der Waals surface area contributed by atoms with Crippen LogP contribution in [0.1, 0.15) is 23.6 Å². The van der Waals surface area contributed by atoms with Gasteiger partial charge in [0.15, 0.2) is 0 Å². The molecule has 1 N–H and O–H groups in total. The maximum atomic E-state index is 14.4. The van der Waals surface area contributed by atoms with Gasteiger partial charge in [-0.05, 0) is 79.1 Å². The van der Waals surface area contributed by atoms with Crippen LogP contribution in [-0.2, 0) is 32.6 Å². The molecule has 4 aromatic rings. The van der Waals surface area contributed by atoms with Crippen molar-refractivity contribution < 1.29 is 27.1 Å². The van der Waals surface area contributed by atoms with Crippen molar-refractivity contribution in [3.63, 3.8) is 0 Å². The van der Waals surface area contributed by atoms with Crippen molar-refractivity contribution in [3.05, 3.63) is 126 Å². The van der Waals surface area contributed by atoms with Gasteiger partial charge in [-0.3, -0.25) is 13.9 Å². The molecule has 0 saturated heterocycles. The minimum absolute atomic E-state index is 0.0694. The third-order valence-corrected chi connectivity index (χ3v) is 9.05. The van der Waals surface area contributed by atoms with Gasteiger partial charge in [0.2, 0.25) is 11.8 Å². The molecule has 0 heterocycles. The number of carbonyl (C=O) groups excluding carboxylic acids is 2. The van der Waals surface area contributed by atoms with Gasteiger partial charge in [0.1, 0.15) is 24.2 Å². The van der Waals surface area contributed by atoms with Gasteiger partial charge in [0.25, 0.3) is 10.0 Å². The summed E-state index contributed by atoms with van der Waals surface area (Å²) in [7, 11) is -2.84. The molecule has 44 heavy (non-hydrogen) atoms. The Hall–Kier alpha value is -4.70. The Morgan fingerprint density at radius 2 is 1.52 bits per heavy atom. The number of aryl methyl sites for hydroxylation is 1. The Kier molecular flexibility index (Phi) is 10.7. The number of hydrogen-bond donors (Lipinski definition) is 1. The van der Waals surface area contributed by atoms with Crippen LogP contribution in [0.3, 0.4) is 0 Å². The Morgan fingerprint density at radius 3 is 2.14 bits per heavy atom. The number of hydrogen-bond acceptors (Lipinski definition) is 5. The van der Waals surface area contributed by atoms with Crippen LogP contribution in [0.2, 0.25) is 0 Å². The van der Waals surface area contributed by atoms with E-state index >= 15 is 0 Å². The standard InChI is InChI=1S/C34H36FN3O5S/c1-4-36-34(40)32(22-26-11-6-5-7-12-26)37(23-27-13-9-8-10-25(27)2)33(39)24-38(29-16-14-28(35)15-17-29)44(41,42)31-20-18-30(43-3)19-21-31/h5-21,32H,4,22-24H2,1-3H3,(H,36,40). The summed E-state index contributed by atoms with van der Waals surface area (Å²) in [5.74, 6) is -1.04. The second-order valence-electron chi connectivity index (χ2n) is 10.2. The number of rotatable bonds is 13. The van der Waals surface area contributed by atoms with E-state index in [-0.39, 0.29) is 29.5 Å². The van der Waals surface area contributed by atoms with Crippen LogP contribution in [0.4, 0.5) is 10.1 Å². The molecule has 1 atom stereocenters. The summed E-state index contributed by atoms with van der Waals surface area (Å²) in [6.45, 7) is 3.50. The van der Waals surface area contributed by atoms with Crippen molar-refractivity contribution in [3.8, 4) is 5.75 Å². The molecule has 0 aliphatic carbocycles. The second-order valence-corrected chi connectivity index (χ2v) is 12.1. The van der Waals surface area contributed by atoms with Crippen molar-refractivity contribution >= 4 is 27.5 Å². The lowest BCUT2D eigenvalue weighted by atomic mass is 10.0. The highest BCUT2D eigenvalue weighted by Gasteiger charge is 2.34. The van der Waals surface area contributed by atoms with Gasteiger partial charge in [0, 0.05) is 19.5 Å². The maximum absolute atomic E-state index is 14.4. The summed E-state index contributed by atoms with van der Waals surface area (Å²) in [6.07, 6.45) is 0.214. The number of ether oxygens (including phenoxy) is 1. The number of sulfonamides is 1. The molecule has 4 aromatic carbocycles. The SMILES string of the molecule is CCNC(=O)C(Cc1ccccc1)N(Cc1ccccc1C)C(=O)CN(c1ccc(F)cc1)S(=O)(=O)c1ccc(OC)cc1. The average Bonchev–Trinajstić information content (AvgIpc) is 3.03. The minimum Gasteiger partial charge on any atom is -0.497 e. The van der Waals surface area contributed by atoms with E-state index in [2.05, 4.69) is 5.32 Å². The first-order valence-corrected chi connectivity index (χ1v) is 15.7. The first-order chi connectivity index (χ1) is 21.1. The number of nitrogens with one attached hydrogen (secondary N) is 1. The molecule has 4 rings (SSSR count). The van der Waals surface area contributed by atoms with Gasteiger partial charge in [-0.15, -0.1) is 0 Å². The topological polar surface area (TPSA) is 96.0 Å². The highest BCUT2D eigenvalue weighted by atomic mass is 32.2. The fourth-order valence-corrected chi connectivity index (χ4v) is 6.24. The monoisotopic (exact) mass is 617 g/mol. The van der Waals surface area contributed by atoms with Gasteiger partial charge in [-0.1, -0.05) is 54.6 Å². The van der Waals surface area contributed by atoms with Crippen LogP contribution in [0.15, 0.2) is 108 Å². The molecule has 0 aliphatic heterocycles. The number of likely N-dealkylation sites (N-methyl/N-ethyl adjacent to an activating group) is 1. The zero-order valence-electron chi connectivity index (χ0n) is 24.9. The van der Waals surface area contributed by atoms with Gasteiger partial charge in [-0.25, -0.2) is 12.8 Å². The highest BCUT2D eigenvalue weighted by Crippen LogP contribution is 2.27. The van der Waals surface area contributed by atoms with Crippen LogP contribution in [0.25, 0.3) is 0 Å². The Labute approximate surface area is 258 Å². The van der Waals surface area contributed by atoms with Crippen molar-refractivity contribution in [2.75, 3.05) is 24.5 Å². The number of methoxy groups -OCH3 is 1. The Morgan fingerprint density at radius 1 is 0.886 bits per heavy atom. The Balaban J connectivity index is 1.80. The molecular weight excluding hydrogens is 581 g/mol. The maximum Gasteiger partial charge on any atom is 0.264 e. The van der Waals surface area contributed by atoms with E-state index in [0.717, 1.165) is 33.1 Å². The highest BCUT2D eigenvalue weighted by molar-refractivity contribution is 7.92. The predicted octanol–water partition coefficient (Wildman–Crippen LogP) is 5.11. The van der Waals surface area contributed by atoms with Gasteiger partial charge in [-0.2, -0.15) is 0 Å². The van der Waals surface area contributed by atoms with Crippen LogP contribution >= 0.6 is 0 Å². The molecule has 0 bridgehead atoms. The summed E-state index contributed by atoms with van der Waals surface area (Å²) in [5.41, 5.74) is 2.67. The van der Waals surface area contributed by atoms with E-state index < -0.39 is 34.3 Å². The fourth-order valence-electron chi connectivity index (χ4n) is 4.83. The summed E-state index contributed by atoms with van der Waals surface area (Å²) < 4.78 is 48.1. The molecule has 8 nitrogen and oxygen atoms in total. The molecule has 230 valence electrons. The summed E-state index contributed by atoms with van der Waals surface area (Å²) >= 11 is 0. The van der Waals surface area contributed by atoms with E-state index in [1.54, 1.807) is 6.92 Å². The molecule has 0 aliphatic rings. The Bertz CT molecular complexity index is 1660. The zero-order valence-corrected chi connectivity index (χ0v) is 25.8. The summed E-state index contributed by atoms with van der Waals surface area (Å²) in [6, 6.07) is 26.6. The average molecular weight is 618 g/mol. The van der Waals surface area contributed by atoms with Crippen LogP contribution in [-0.4, -0.2) is 51.4 Å². The molecule has 0 radical (unpaired) electrons. The number of anilines is 1. The molecule has 0 aromatic heterocycles. The molecule has 0 saturated carbocycles. The summed E-state index contributed by atoms with van der Waals surface area (Å²) in [5, 5.41) is 2.84.